The van der Waals surface area contributed by atoms with E-state index in [9.17, 15) is 15.4 Å². The van der Waals surface area contributed by atoms with Gasteiger partial charge in [-0.05, 0) is 24.5 Å². The van der Waals surface area contributed by atoms with Crippen molar-refractivity contribution in [3.8, 4) is 17.2 Å². The molecule has 2 rings (SSSR count). The minimum absolute atomic E-state index is 0.0354. The standard InChI is InChI=1S/C17H18N4O2/c1-3-7-14-11(4-2)16(13(10-18)17(19)20-14)12-8-5-6-9-15(12)21(22)23/h5-6,8-9H,3-4,7H2,1-2H3,(H2,19,20). The Hall–Kier alpha value is -2.94. The van der Waals surface area contributed by atoms with Gasteiger partial charge < -0.3 is 5.73 Å². The van der Waals surface area contributed by atoms with Crippen molar-refractivity contribution in [3.05, 3.63) is 51.2 Å². The lowest BCUT2D eigenvalue weighted by Crippen LogP contribution is -2.08. The van der Waals surface area contributed by atoms with Gasteiger partial charge in [-0.25, -0.2) is 4.98 Å². The van der Waals surface area contributed by atoms with Gasteiger partial charge in [0.15, 0.2) is 0 Å². The van der Waals surface area contributed by atoms with Crippen LogP contribution in [-0.2, 0) is 12.8 Å². The van der Waals surface area contributed by atoms with Gasteiger partial charge in [-0.15, -0.1) is 0 Å². The van der Waals surface area contributed by atoms with E-state index >= 15 is 0 Å². The van der Waals surface area contributed by atoms with Crippen LogP contribution in [0.25, 0.3) is 11.1 Å². The van der Waals surface area contributed by atoms with Crippen molar-refractivity contribution in [1.29, 1.82) is 5.26 Å². The van der Waals surface area contributed by atoms with E-state index in [-0.39, 0.29) is 17.1 Å². The van der Waals surface area contributed by atoms with Crippen molar-refractivity contribution in [2.24, 2.45) is 0 Å². The van der Waals surface area contributed by atoms with Gasteiger partial charge in [-0.2, -0.15) is 5.26 Å². The molecule has 118 valence electrons. The number of benzene rings is 1. The van der Waals surface area contributed by atoms with Crippen molar-refractivity contribution in [2.75, 3.05) is 5.73 Å². The predicted molar refractivity (Wildman–Crippen MR) is 88.8 cm³/mol. The van der Waals surface area contributed by atoms with Gasteiger partial charge in [0.25, 0.3) is 5.69 Å². The van der Waals surface area contributed by atoms with Gasteiger partial charge in [-0.1, -0.05) is 32.4 Å². The summed E-state index contributed by atoms with van der Waals surface area (Å²) in [5, 5.41) is 20.9. The molecule has 1 aromatic carbocycles. The SMILES string of the molecule is CCCc1nc(N)c(C#N)c(-c2ccccc2[N+](=O)[O-])c1CC. The lowest BCUT2D eigenvalue weighted by molar-refractivity contribution is -0.384. The average molecular weight is 310 g/mol. The zero-order valence-corrected chi connectivity index (χ0v) is 13.2. The molecule has 6 heteroatoms. The van der Waals surface area contributed by atoms with E-state index < -0.39 is 4.92 Å². The molecule has 6 nitrogen and oxygen atoms in total. The van der Waals surface area contributed by atoms with E-state index in [2.05, 4.69) is 11.1 Å². The number of hydrogen-bond acceptors (Lipinski definition) is 5. The molecule has 0 saturated carbocycles. The molecule has 0 aliphatic heterocycles. The summed E-state index contributed by atoms with van der Waals surface area (Å²) in [5.41, 5.74) is 8.73. The monoisotopic (exact) mass is 310 g/mol. The Balaban J connectivity index is 2.90. The predicted octanol–water partition coefficient (Wildman–Crippen LogP) is 3.63. The van der Waals surface area contributed by atoms with Crippen LogP contribution in [0.2, 0.25) is 0 Å². The fourth-order valence-corrected chi connectivity index (χ4v) is 2.77. The highest BCUT2D eigenvalue weighted by Gasteiger charge is 2.24. The van der Waals surface area contributed by atoms with E-state index in [1.807, 2.05) is 13.8 Å². The van der Waals surface area contributed by atoms with Crippen LogP contribution >= 0.6 is 0 Å². The fourth-order valence-electron chi connectivity index (χ4n) is 2.77. The summed E-state index contributed by atoms with van der Waals surface area (Å²) >= 11 is 0. The second kappa shape index (κ2) is 6.88. The molecule has 2 N–H and O–H groups in total. The number of aromatic nitrogens is 1. The Labute approximate surface area is 134 Å². The Bertz CT molecular complexity index is 794. The van der Waals surface area contributed by atoms with Crippen LogP contribution in [0.5, 0.6) is 0 Å². The second-order valence-electron chi connectivity index (χ2n) is 5.16. The second-order valence-corrected chi connectivity index (χ2v) is 5.16. The highest BCUT2D eigenvalue weighted by atomic mass is 16.6. The first-order chi connectivity index (χ1) is 11.0. The van der Waals surface area contributed by atoms with Crippen molar-refractivity contribution in [3.63, 3.8) is 0 Å². The molecular formula is C17H18N4O2. The van der Waals surface area contributed by atoms with Crippen molar-refractivity contribution < 1.29 is 4.92 Å². The molecule has 2 aromatic rings. The third-order valence-corrected chi connectivity index (χ3v) is 3.73. The van der Waals surface area contributed by atoms with Crippen LogP contribution in [0.1, 0.15) is 37.1 Å². The van der Waals surface area contributed by atoms with Gasteiger partial charge in [-0.3, -0.25) is 10.1 Å². The number of aryl methyl sites for hydroxylation is 1. The maximum Gasteiger partial charge on any atom is 0.277 e. The number of pyridine rings is 1. The minimum atomic E-state index is -0.438. The Morgan fingerprint density at radius 3 is 2.61 bits per heavy atom. The van der Waals surface area contributed by atoms with Crippen LogP contribution in [-0.4, -0.2) is 9.91 Å². The largest absolute Gasteiger partial charge is 0.383 e. The van der Waals surface area contributed by atoms with Gasteiger partial charge in [0.05, 0.1) is 10.5 Å². The summed E-state index contributed by atoms with van der Waals surface area (Å²) in [6, 6.07) is 8.48. The summed E-state index contributed by atoms with van der Waals surface area (Å²) in [7, 11) is 0. The molecular weight excluding hydrogens is 292 g/mol. The molecule has 0 atom stereocenters. The third-order valence-electron chi connectivity index (χ3n) is 3.73. The molecule has 0 aliphatic rings. The van der Waals surface area contributed by atoms with Crippen molar-refractivity contribution >= 4 is 11.5 Å². The average Bonchev–Trinajstić information content (AvgIpc) is 2.54. The maximum absolute atomic E-state index is 11.4. The van der Waals surface area contributed by atoms with Gasteiger partial charge in [0, 0.05) is 17.3 Å². The molecule has 0 spiro atoms. The number of nitro benzene ring substituents is 1. The molecule has 23 heavy (non-hydrogen) atoms. The number of nitrogens with two attached hydrogens (primary N) is 1. The highest BCUT2D eigenvalue weighted by Crippen LogP contribution is 2.37. The number of nitro groups is 1. The van der Waals surface area contributed by atoms with E-state index in [0.29, 0.717) is 24.0 Å². The fraction of sp³-hybridized carbons (Fsp3) is 0.294. The number of nitriles is 1. The summed E-state index contributed by atoms with van der Waals surface area (Å²) in [6.07, 6.45) is 2.22. The first-order valence-electron chi connectivity index (χ1n) is 7.50. The molecule has 0 aliphatic carbocycles. The first-order valence-corrected chi connectivity index (χ1v) is 7.50. The zero-order valence-electron chi connectivity index (χ0n) is 13.2. The topological polar surface area (TPSA) is 106 Å². The maximum atomic E-state index is 11.4. The Morgan fingerprint density at radius 2 is 2.04 bits per heavy atom. The van der Waals surface area contributed by atoms with Gasteiger partial charge in [0.1, 0.15) is 17.5 Å². The molecule has 0 fully saturated rings. The number of nitrogen functional groups attached to an aromatic ring is 1. The number of para-hydroxylation sites is 1. The molecule has 0 radical (unpaired) electrons. The Kier molecular flexibility index (Phi) is 4.91. The van der Waals surface area contributed by atoms with E-state index in [1.165, 1.54) is 6.07 Å². The molecule has 0 bridgehead atoms. The summed E-state index contributed by atoms with van der Waals surface area (Å²) in [6.45, 7) is 3.98. The quantitative estimate of drug-likeness (QED) is 0.670. The molecule has 0 amide bonds. The number of hydrogen-bond donors (Lipinski definition) is 1. The van der Waals surface area contributed by atoms with E-state index in [1.54, 1.807) is 18.2 Å². The van der Waals surface area contributed by atoms with E-state index in [4.69, 9.17) is 5.73 Å². The van der Waals surface area contributed by atoms with Crippen LogP contribution < -0.4 is 5.73 Å². The van der Waals surface area contributed by atoms with Gasteiger partial charge in [0.2, 0.25) is 0 Å². The third kappa shape index (κ3) is 2.99. The van der Waals surface area contributed by atoms with Crippen LogP contribution in [0.3, 0.4) is 0 Å². The number of rotatable bonds is 5. The lowest BCUT2D eigenvalue weighted by atomic mass is 9.90. The molecule has 1 aromatic heterocycles. The molecule has 0 saturated heterocycles. The van der Waals surface area contributed by atoms with Crippen molar-refractivity contribution in [2.45, 2.75) is 33.1 Å². The minimum Gasteiger partial charge on any atom is -0.383 e. The van der Waals surface area contributed by atoms with Crippen LogP contribution in [0, 0.1) is 21.4 Å². The summed E-state index contributed by atoms with van der Waals surface area (Å²) in [4.78, 5) is 15.3. The molecule has 1 heterocycles. The van der Waals surface area contributed by atoms with Crippen LogP contribution in [0.15, 0.2) is 24.3 Å². The van der Waals surface area contributed by atoms with E-state index in [0.717, 1.165) is 17.7 Å². The van der Waals surface area contributed by atoms with Gasteiger partial charge >= 0.3 is 0 Å². The number of anilines is 1. The highest BCUT2D eigenvalue weighted by molar-refractivity contribution is 5.84. The van der Waals surface area contributed by atoms with Crippen LogP contribution in [0.4, 0.5) is 11.5 Å². The summed E-state index contributed by atoms with van der Waals surface area (Å²) < 4.78 is 0. The number of nitrogens with zero attached hydrogens (tertiary/aromatic N) is 3. The summed E-state index contributed by atoms with van der Waals surface area (Å²) in [5.74, 6) is 0.126. The lowest BCUT2D eigenvalue weighted by Gasteiger charge is -2.16. The smallest absolute Gasteiger partial charge is 0.277 e. The zero-order chi connectivity index (χ0) is 17.0. The van der Waals surface area contributed by atoms with Crippen molar-refractivity contribution in [1.82, 2.24) is 4.98 Å². The Morgan fingerprint density at radius 1 is 1.35 bits per heavy atom. The molecule has 0 unspecified atom stereocenters. The first kappa shape index (κ1) is 16.4. The normalized spacial score (nSPS) is 10.3.